The zero-order valence-corrected chi connectivity index (χ0v) is 9.57. The Labute approximate surface area is 94.5 Å². The lowest BCUT2D eigenvalue weighted by Gasteiger charge is -2.11. The van der Waals surface area contributed by atoms with E-state index in [4.69, 9.17) is 0 Å². The zero-order valence-electron chi connectivity index (χ0n) is 8.75. The minimum atomic E-state index is -0.800. The molecule has 1 aliphatic rings. The van der Waals surface area contributed by atoms with Gasteiger partial charge in [-0.3, -0.25) is 8.78 Å². The number of hydrogen-bond acceptors (Lipinski definition) is 5. The molecule has 2 rings (SSSR count). The molecule has 0 aromatic carbocycles. The minimum absolute atomic E-state index is 0.0370. The van der Waals surface area contributed by atoms with Gasteiger partial charge in [-0.2, -0.15) is 0 Å². The topological polar surface area (TPSA) is 90.1 Å². The van der Waals surface area contributed by atoms with Gasteiger partial charge in [-0.05, 0) is 16.3 Å². The van der Waals surface area contributed by atoms with Gasteiger partial charge in [0, 0.05) is 35.4 Å². The molecule has 0 aliphatic carbocycles. The van der Waals surface area contributed by atoms with Crippen molar-refractivity contribution in [3.63, 3.8) is 0 Å². The fourth-order valence-electron chi connectivity index (χ4n) is 1.69. The summed E-state index contributed by atoms with van der Waals surface area (Å²) in [7, 11) is 0.888. The quantitative estimate of drug-likeness (QED) is 0.608. The van der Waals surface area contributed by atoms with E-state index in [-0.39, 0.29) is 11.9 Å². The Morgan fingerprint density at radius 1 is 1.75 bits per heavy atom. The summed E-state index contributed by atoms with van der Waals surface area (Å²) in [6.07, 6.45) is 2.17. The maximum atomic E-state index is 11.2. The average Bonchev–Trinajstić information content (AvgIpc) is 2.76. The summed E-state index contributed by atoms with van der Waals surface area (Å²) in [6, 6.07) is 0.0370. The van der Waals surface area contributed by atoms with Gasteiger partial charge in [0.15, 0.2) is 0 Å². The molecule has 2 atom stereocenters. The molecule has 0 saturated carbocycles. The molecule has 8 heteroatoms. The summed E-state index contributed by atoms with van der Waals surface area (Å²) >= 11 is 0. The standard InChI is InChI=1S/C8H12N4O3S/c1-11-5-9-7(12(13)14)8(11)10-6-2-3-16(15)4-6/h5-6,10H,2-4H2,1H3. The first-order chi connectivity index (χ1) is 7.58. The van der Waals surface area contributed by atoms with Gasteiger partial charge in [0.05, 0.1) is 0 Å². The first kappa shape index (κ1) is 11.1. The second-order valence-electron chi connectivity index (χ2n) is 3.73. The molecule has 1 aliphatic heterocycles. The van der Waals surface area contributed by atoms with Crippen molar-refractivity contribution in [3.05, 3.63) is 16.4 Å². The Hall–Kier alpha value is -1.44. The molecule has 1 aromatic heterocycles. The van der Waals surface area contributed by atoms with Crippen molar-refractivity contribution in [2.45, 2.75) is 12.5 Å². The van der Waals surface area contributed by atoms with Crippen molar-refractivity contribution in [3.8, 4) is 0 Å². The normalized spacial score (nSPS) is 24.6. The van der Waals surface area contributed by atoms with Crippen LogP contribution in [0.15, 0.2) is 6.33 Å². The SMILES string of the molecule is Cn1cnc([N+](=O)[O-])c1NC1CCS(=O)C1. The number of anilines is 1. The molecule has 2 heterocycles. The molecule has 16 heavy (non-hydrogen) atoms. The Bertz CT molecular complexity index is 444. The number of imidazole rings is 1. The number of nitrogens with zero attached hydrogens (tertiary/aromatic N) is 3. The molecule has 0 spiro atoms. The second kappa shape index (κ2) is 4.20. The first-order valence-electron chi connectivity index (χ1n) is 4.85. The predicted octanol–water partition coefficient (Wildman–Crippen LogP) is 0.261. The van der Waals surface area contributed by atoms with Gasteiger partial charge < -0.3 is 15.4 Å². The van der Waals surface area contributed by atoms with Gasteiger partial charge in [0.25, 0.3) is 0 Å². The number of rotatable bonds is 3. The van der Waals surface area contributed by atoms with E-state index in [2.05, 4.69) is 10.3 Å². The van der Waals surface area contributed by atoms with Crippen LogP contribution in [0.25, 0.3) is 0 Å². The molecule has 1 aromatic rings. The summed E-state index contributed by atoms with van der Waals surface area (Å²) < 4.78 is 12.8. The fourth-order valence-corrected chi connectivity index (χ4v) is 3.10. The summed E-state index contributed by atoms with van der Waals surface area (Å²) in [5.74, 6) is 1.40. The van der Waals surface area contributed by atoms with Gasteiger partial charge in [0.1, 0.15) is 0 Å². The van der Waals surface area contributed by atoms with Crippen LogP contribution in [0.2, 0.25) is 0 Å². The average molecular weight is 244 g/mol. The third-order valence-corrected chi connectivity index (χ3v) is 3.98. The van der Waals surface area contributed by atoms with E-state index in [0.29, 0.717) is 17.3 Å². The molecular weight excluding hydrogens is 232 g/mol. The van der Waals surface area contributed by atoms with Crippen molar-refractivity contribution in [1.82, 2.24) is 9.55 Å². The van der Waals surface area contributed by atoms with Crippen LogP contribution in [0.5, 0.6) is 0 Å². The van der Waals surface area contributed by atoms with E-state index >= 15 is 0 Å². The van der Waals surface area contributed by atoms with Crippen LogP contribution >= 0.6 is 0 Å². The fraction of sp³-hybridized carbons (Fsp3) is 0.625. The molecule has 7 nitrogen and oxygen atoms in total. The number of nitrogens with one attached hydrogen (secondary N) is 1. The maximum Gasteiger partial charge on any atom is 0.406 e. The highest BCUT2D eigenvalue weighted by molar-refractivity contribution is 7.85. The third-order valence-electron chi connectivity index (χ3n) is 2.51. The van der Waals surface area contributed by atoms with Crippen LogP contribution in [0.1, 0.15) is 6.42 Å². The van der Waals surface area contributed by atoms with Crippen LogP contribution in [0, 0.1) is 10.1 Å². The molecule has 1 fully saturated rings. The number of aryl methyl sites for hydroxylation is 1. The van der Waals surface area contributed by atoms with Crippen molar-refractivity contribution < 1.29 is 9.13 Å². The van der Waals surface area contributed by atoms with Crippen molar-refractivity contribution in [2.75, 3.05) is 16.8 Å². The van der Waals surface area contributed by atoms with Crippen LogP contribution in [0.3, 0.4) is 0 Å². The van der Waals surface area contributed by atoms with Gasteiger partial charge in [-0.1, -0.05) is 0 Å². The summed E-state index contributed by atoms with van der Waals surface area (Å²) in [4.78, 5) is 13.9. The van der Waals surface area contributed by atoms with E-state index in [1.54, 1.807) is 11.6 Å². The van der Waals surface area contributed by atoms with Crippen molar-refractivity contribution >= 4 is 22.4 Å². The lowest BCUT2D eigenvalue weighted by atomic mass is 10.2. The highest BCUT2D eigenvalue weighted by atomic mass is 32.2. The zero-order chi connectivity index (χ0) is 11.7. The summed E-state index contributed by atoms with van der Waals surface area (Å²) in [6.45, 7) is 0. The van der Waals surface area contributed by atoms with E-state index in [9.17, 15) is 14.3 Å². The van der Waals surface area contributed by atoms with Crippen LogP contribution < -0.4 is 5.32 Å². The van der Waals surface area contributed by atoms with Gasteiger partial charge in [-0.25, -0.2) is 0 Å². The molecule has 0 radical (unpaired) electrons. The minimum Gasteiger partial charge on any atom is -0.361 e. The van der Waals surface area contributed by atoms with Crippen LogP contribution in [0.4, 0.5) is 11.6 Å². The van der Waals surface area contributed by atoms with Crippen molar-refractivity contribution in [1.29, 1.82) is 0 Å². The number of aromatic nitrogens is 2. The van der Waals surface area contributed by atoms with E-state index < -0.39 is 15.7 Å². The molecule has 1 saturated heterocycles. The predicted molar refractivity (Wildman–Crippen MR) is 59.8 cm³/mol. The molecular formula is C8H12N4O3S. The molecule has 1 N–H and O–H groups in total. The Kier molecular flexibility index (Phi) is 2.90. The number of hydrogen-bond donors (Lipinski definition) is 1. The van der Waals surface area contributed by atoms with Crippen molar-refractivity contribution in [2.24, 2.45) is 7.05 Å². The molecule has 0 amide bonds. The maximum absolute atomic E-state index is 11.2. The van der Waals surface area contributed by atoms with Crippen LogP contribution in [-0.2, 0) is 17.8 Å². The largest absolute Gasteiger partial charge is 0.406 e. The lowest BCUT2D eigenvalue weighted by Crippen LogP contribution is -2.21. The highest BCUT2D eigenvalue weighted by Crippen LogP contribution is 2.23. The first-order valence-corrected chi connectivity index (χ1v) is 6.34. The van der Waals surface area contributed by atoms with E-state index in [1.165, 1.54) is 6.33 Å². The Balaban J connectivity index is 2.17. The van der Waals surface area contributed by atoms with Gasteiger partial charge in [-0.15, -0.1) is 0 Å². The van der Waals surface area contributed by atoms with E-state index in [1.807, 2.05) is 0 Å². The second-order valence-corrected chi connectivity index (χ2v) is 5.35. The Morgan fingerprint density at radius 3 is 3.06 bits per heavy atom. The van der Waals surface area contributed by atoms with Gasteiger partial charge >= 0.3 is 5.82 Å². The molecule has 0 bridgehead atoms. The van der Waals surface area contributed by atoms with Crippen LogP contribution in [-0.4, -0.2) is 36.2 Å². The molecule has 88 valence electrons. The van der Waals surface area contributed by atoms with Gasteiger partial charge in [0.2, 0.25) is 12.1 Å². The van der Waals surface area contributed by atoms with E-state index in [0.717, 1.165) is 6.42 Å². The summed E-state index contributed by atoms with van der Waals surface area (Å²) in [5.41, 5.74) is 0. The summed E-state index contributed by atoms with van der Waals surface area (Å²) in [5, 5.41) is 13.7. The smallest absolute Gasteiger partial charge is 0.361 e. The number of nitro groups is 1. The highest BCUT2D eigenvalue weighted by Gasteiger charge is 2.26. The Morgan fingerprint density at radius 2 is 2.50 bits per heavy atom. The molecule has 2 unspecified atom stereocenters. The third kappa shape index (κ3) is 2.06. The lowest BCUT2D eigenvalue weighted by molar-refractivity contribution is -0.388. The monoisotopic (exact) mass is 244 g/mol.